The molecule has 178 valence electrons. The van der Waals surface area contributed by atoms with E-state index in [9.17, 15) is 9.90 Å². The predicted octanol–water partition coefficient (Wildman–Crippen LogP) is 6.57. The zero-order valence-corrected chi connectivity index (χ0v) is 20.7. The van der Waals surface area contributed by atoms with Gasteiger partial charge in [-0.15, -0.1) is 0 Å². The molecule has 0 radical (unpaired) electrons. The van der Waals surface area contributed by atoms with E-state index in [0.717, 1.165) is 55.4 Å². The average Bonchev–Trinajstić information content (AvgIpc) is 3.37. The van der Waals surface area contributed by atoms with Gasteiger partial charge in [0.25, 0.3) is 0 Å². The molecule has 32 heavy (non-hydrogen) atoms. The highest BCUT2D eigenvalue weighted by Crippen LogP contribution is 2.68. The molecule has 1 aliphatic heterocycles. The lowest BCUT2D eigenvalue weighted by Crippen LogP contribution is -2.53. The van der Waals surface area contributed by atoms with Gasteiger partial charge in [0.15, 0.2) is 0 Å². The average molecular weight is 440 g/mol. The summed E-state index contributed by atoms with van der Waals surface area (Å²) >= 11 is 0. The van der Waals surface area contributed by atoms with Crippen molar-refractivity contribution in [2.75, 3.05) is 6.54 Å². The summed E-state index contributed by atoms with van der Waals surface area (Å²) in [7, 11) is 0. The number of carbonyl (C=O) groups is 1. The lowest BCUT2D eigenvalue weighted by atomic mass is 9.44. The Kier molecular flexibility index (Phi) is 6.05. The van der Waals surface area contributed by atoms with Crippen molar-refractivity contribution < 1.29 is 9.90 Å². The van der Waals surface area contributed by atoms with Crippen LogP contribution in [-0.2, 0) is 4.79 Å². The van der Waals surface area contributed by atoms with Gasteiger partial charge >= 0.3 is 5.97 Å². The third kappa shape index (κ3) is 3.59. The molecule has 9 atom stereocenters. The Morgan fingerprint density at radius 1 is 0.969 bits per heavy atom. The van der Waals surface area contributed by atoms with Crippen LogP contribution in [0.5, 0.6) is 0 Å². The normalized spacial score (nSPS) is 46.4. The van der Waals surface area contributed by atoms with Gasteiger partial charge in [-0.25, -0.2) is 4.79 Å². The molecule has 3 heteroatoms. The maximum absolute atomic E-state index is 11.4. The van der Waals surface area contributed by atoms with Crippen LogP contribution in [0.15, 0.2) is 0 Å². The van der Waals surface area contributed by atoms with Crippen molar-refractivity contribution in [3.63, 3.8) is 0 Å². The minimum Gasteiger partial charge on any atom is -0.480 e. The summed E-state index contributed by atoms with van der Waals surface area (Å²) in [6, 6.07) is 2.84. The van der Waals surface area contributed by atoms with E-state index < -0.39 is 12.0 Å². The summed E-state index contributed by atoms with van der Waals surface area (Å²) in [6.07, 6.45) is 17.3. The molecule has 4 aliphatic carbocycles. The molecule has 2 unspecified atom stereocenters. The lowest BCUT2D eigenvalue weighted by molar-refractivity contribution is -0.141. The number of hydrogen-bond donors (Lipinski definition) is 1. The van der Waals surface area contributed by atoms with Gasteiger partial charge in [-0.3, -0.25) is 0 Å². The number of likely N-dealkylation sites (tertiary alicyclic amines) is 1. The monoisotopic (exact) mass is 439 g/mol. The number of fused-ring (bicyclic) bond motifs is 5. The van der Waals surface area contributed by atoms with Crippen molar-refractivity contribution in [1.82, 2.24) is 4.90 Å². The molecule has 0 aromatic rings. The van der Waals surface area contributed by atoms with E-state index in [1.807, 2.05) is 4.90 Å². The van der Waals surface area contributed by atoms with E-state index in [2.05, 4.69) is 32.7 Å². The van der Waals surface area contributed by atoms with Crippen LogP contribution in [0, 0.1) is 58.3 Å². The Morgan fingerprint density at radius 2 is 1.78 bits per heavy atom. The van der Waals surface area contributed by atoms with Gasteiger partial charge in [0.1, 0.15) is 6.04 Å². The third-order valence-corrected chi connectivity index (χ3v) is 11.5. The Hall–Kier alpha value is -1.17. The topological polar surface area (TPSA) is 40.5 Å². The minimum absolute atomic E-state index is 0.391. The summed E-state index contributed by atoms with van der Waals surface area (Å²) in [6.45, 7) is 8.57. The SMILES string of the molecule is C[C@H](CC#CN1CCCC1C(=O)O)[C@H]1CC[C@H]2[C@@H]3CCC4CCCC[C@]4(C)[C@H]3CC[C@]12C. The fourth-order valence-corrected chi connectivity index (χ4v) is 9.88. The van der Waals surface area contributed by atoms with E-state index in [1.54, 1.807) is 0 Å². The van der Waals surface area contributed by atoms with Gasteiger partial charge in [-0.2, -0.15) is 0 Å². The summed E-state index contributed by atoms with van der Waals surface area (Å²) in [4.78, 5) is 13.3. The molecule has 0 aromatic carbocycles. The minimum atomic E-state index is -0.714. The second-order valence-corrected chi connectivity index (χ2v) is 12.8. The summed E-state index contributed by atoms with van der Waals surface area (Å²) in [5.41, 5.74) is 1.13. The summed E-state index contributed by atoms with van der Waals surface area (Å²) in [5.74, 6) is 7.99. The van der Waals surface area contributed by atoms with Crippen molar-refractivity contribution in [1.29, 1.82) is 0 Å². The molecular weight excluding hydrogens is 394 g/mol. The highest BCUT2D eigenvalue weighted by Gasteiger charge is 2.60. The molecule has 0 spiro atoms. The van der Waals surface area contributed by atoms with Crippen LogP contribution in [0.25, 0.3) is 0 Å². The molecule has 0 bridgehead atoms. The van der Waals surface area contributed by atoms with Crippen molar-refractivity contribution >= 4 is 5.97 Å². The first-order valence-electron chi connectivity index (χ1n) is 13.8. The van der Waals surface area contributed by atoms with Crippen molar-refractivity contribution in [2.24, 2.45) is 46.3 Å². The van der Waals surface area contributed by atoms with Crippen LogP contribution in [0.1, 0.15) is 104 Å². The molecule has 5 rings (SSSR count). The highest BCUT2D eigenvalue weighted by atomic mass is 16.4. The summed E-state index contributed by atoms with van der Waals surface area (Å²) < 4.78 is 0. The van der Waals surface area contributed by atoms with Gasteiger partial charge in [-0.05, 0) is 111 Å². The number of hydrogen-bond acceptors (Lipinski definition) is 2. The van der Waals surface area contributed by atoms with Crippen LogP contribution < -0.4 is 0 Å². The number of aliphatic carboxylic acids is 1. The Bertz CT molecular complexity index is 782. The van der Waals surface area contributed by atoms with Gasteiger partial charge in [0, 0.05) is 19.0 Å². The summed E-state index contributed by atoms with van der Waals surface area (Å²) in [5, 5.41) is 9.40. The molecular formula is C29H45NO2. The first-order chi connectivity index (χ1) is 15.3. The second-order valence-electron chi connectivity index (χ2n) is 12.8. The fourth-order valence-electron chi connectivity index (χ4n) is 9.88. The quantitative estimate of drug-likeness (QED) is 0.506. The molecule has 1 heterocycles. The van der Waals surface area contributed by atoms with Gasteiger partial charge in [-0.1, -0.05) is 39.5 Å². The molecule has 0 aromatic heterocycles. The number of rotatable bonds is 3. The maximum Gasteiger partial charge on any atom is 0.327 e. The van der Waals surface area contributed by atoms with Crippen LogP contribution >= 0.6 is 0 Å². The van der Waals surface area contributed by atoms with E-state index in [0.29, 0.717) is 16.7 Å². The molecule has 5 aliphatic rings. The highest BCUT2D eigenvalue weighted by molar-refractivity contribution is 5.74. The zero-order chi connectivity index (χ0) is 22.5. The predicted molar refractivity (Wildman–Crippen MR) is 129 cm³/mol. The van der Waals surface area contributed by atoms with Crippen LogP contribution in [0.4, 0.5) is 0 Å². The standard InChI is InChI=1S/C29H45NO2/c1-20(8-6-18-30-19-7-10-26(30)27(31)32)23-13-14-24-22-12-11-21-9-4-5-16-28(21,2)25(22)15-17-29(23,24)3/h20-26H,4-5,7-17,19H2,1-3H3,(H,31,32)/t20-,21?,22+,23-,24+,25+,26?,28+,29-/m1/s1. The van der Waals surface area contributed by atoms with Gasteiger partial charge in [0.2, 0.25) is 0 Å². The van der Waals surface area contributed by atoms with E-state index in [1.165, 1.54) is 64.2 Å². The van der Waals surface area contributed by atoms with E-state index in [-0.39, 0.29) is 0 Å². The molecule has 4 saturated carbocycles. The first kappa shape index (κ1) is 22.6. The van der Waals surface area contributed by atoms with Gasteiger partial charge < -0.3 is 10.0 Å². The molecule has 5 fully saturated rings. The lowest BCUT2D eigenvalue weighted by Gasteiger charge is -2.60. The van der Waals surface area contributed by atoms with Crippen LogP contribution in [0.2, 0.25) is 0 Å². The Labute approximate surface area is 196 Å². The zero-order valence-electron chi connectivity index (χ0n) is 20.7. The smallest absolute Gasteiger partial charge is 0.327 e. The van der Waals surface area contributed by atoms with Crippen LogP contribution in [0.3, 0.4) is 0 Å². The third-order valence-electron chi connectivity index (χ3n) is 11.5. The van der Waals surface area contributed by atoms with E-state index >= 15 is 0 Å². The Balaban J connectivity index is 1.26. The fraction of sp³-hybridized carbons (Fsp3) is 0.897. The van der Waals surface area contributed by atoms with Crippen molar-refractivity contribution in [2.45, 2.75) is 110 Å². The largest absolute Gasteiger partial charge is 0.480 e. The maximum atomic E-state index is 11.4. The van der Waals surface area contributed by atoms with Crippen molar-refractivity contribution in [3.8, 4) is 12.0 Å². The number of carboxylic acid groups (broad SMARTS) is 1. The first-order valence-corrected chi connectivity index (χ1v) is 13.8. The molecule has 3 nitrogen and oxygen atoms in total. The molecule has 0 amide bonds. The number of carboxylic acids is 1. The molecule has 1 saturated heterocycles. The number of nitrogens with zero attached hydrogens (tertiary/aromatic N) is 1. The van der Waals surface area contributed by atoms with Gasteiger partial charge in [0.05, 0.1) is 0 Å². The van der Waals surface area contributed by atoms with Crippen LogP contribution in [-0.4, -0.2) is 28.6 Å². The molecule has 1 N–H and O–H groups in total. The second kappa shape index (κ2) is 8.56. The van der Waals surface area contributed by atoms with Crippen molar-refractivity contribution in [3.05, 3.63) is 0 Å². The Morgan fingerprint density at radius 3 is 2.59 bits per heavy atom. The van der Waals surface area contributed by atoms with E-state index in [4.69, 9.17) is 0 Å².